The molecule has 0 aromatic heterocycles. The van der Waals surface area contributed by atoms with Crippen LogP contribution in [0.5, 0.6) is 0 Å². The van der Waals surface area contributed by atoms with Crippen LogP contribution in [0.4, 0.5) is 18.9 Å². The van der Waals surface area contributed by atoms with Crippen molar-refractivity contribution in [2.24, 2.45) is 0 Å². The molecule has 0 fully saturated rings. The summed E-state index contributed by atoms with van der Waals surface area (Å²) >= 11 is 2.67. The lowest BCUT2D eigenvalue weighted by molar-refractivity contribution is -0.137. The van der Waals surface area contributed by atoms with Crippen LogP contribution in [0.1, 0.15) is 15.9 Å². The number of halogens is 4. The number of carboxylic acid groups (broad SMARTS) is 1. The van der Waals surface area contributed by atoms with Crippen molar-refractivity contribution in [2.45, 2.75) is 6.18 Å². The van der Waals surface area contributed by atoms with E-state index in [1.54, 1.807) is 0 Å². The van der Waals surface area contributed by atoms with Gasteiger partial charge in [0.1, 0.15) is 0 Å². The van der Waals surface area contributed by atoms with Gasteiger partial charge in [-0.05, 0) is 12.1 Å². The lowest BCUT2D eigenvalue weighted by Gasteiger charge is -2.13. The van der Waals surface area contributed by atoms with E-state index in [0.29, 0.717) is 0 Å². The molecular formula is C8H5BrF3NO2. The Morgan fingerprint density at radius 3 is 2.33 bits per heavy atom. The highest BCUT2D eigenvalue weighted by Gasteiger charge is 2.36. The minimum Gasteiger partial charge on any atom is -0.478 e. The van der Waals surface area contributed by atoms with Gasteiger partial charge in [0.25, 0.3) is 0 Å². The standard InChI is InChI=1S/C8H5BrF3NO2/c9-4-2-1-3(7(14)15)6(13)5(4)8(10,11)12/h1-2H,13H2,(H,14,15). The first-order valence-electron chi connectivity index (χ1n) is 3.63. The fraction of sp³-hybridized carbons (Fsp3) is 0.125. The van der Waals surface area contributed by atoms with Crippen molar-refractivity contribution in [3.8, 4) is 0 Å². The van der Waals surface area contributed by atoms with E-state index in [2.05, 4.69) is 15.9 Å². The first-order chi connectivity index (χ1) is 6.75. The fourth-order valence-corrected chi connectivity index (χ4v) is 1.64. The van der Waals surface area contributed by atoms with Crippen molar-refractivity contribution in [3.05, 3.63) is 27.7 Å². The predicted molar refractivity (Wildman–Crippen MR) is 50.5 cm³/mol. The Morgan fingerprint density at radius 2 is 1.93 bits per heavy atom. The number of carboxylic acids is 1. The summed E-state index contributed by atoms with van der Waals surface area (Å²) in [6.45, 7) is 0. The largest absolute Gasteiger partial charge is 0.478 e. The van der Waals surface area contributed by atoms with Crippen LogP contribution in [0, 0.1) is 0 Å². The molecule has 3 N–H and O–H groups in total. The number of alkyl halides is 3. The minimum absolute atomic E-state index is 0.280. The molecule has 1 aromatic rings. The van der Waals surface area contributed by atoms with E-state index in [0.717, 1.165) is 12.1 Å². The Kier molecular flexibility index (Phi) is 2.94. The summed E-state index contributed by atoms with van der Waals surface area (Å²) in [6.07, 6.45) is -4.69. The van der Waals surface area contributed by atoms with Crippen LogP contribution in [0.2, 0.25) is 0 Å². The van der Waals surface area contributed by atoms with E-state index < -0.39 is 29.0 Å². The number of hydrogen-bond acceptors (Lipinski definition) is 2. The molecule has 0 radical (unpaired) electrons. The number of hydrogen-bond donors (Lipinski definition) is 2. The van der Waals surface area contributed by atoms with Gasteiger partial charge in [-0.3, -0.25) is 0 Å². The van der Waals surface area contributed by atoms with Crippen molar-refractivity contribution in [1.82, 2.24) is 0 Å². The molecule has 0 aliphatic carbocycles. The average Bonchev–Trinajstić information content (AvgIpc) is 2.00. The van der Waals surface area contributed by atoms with Crippen molar-refractivity contribution in [1.29, 1.82) is 0 Å². The zero-order chi connectivity index (χ0) is 11.8. The van der Waals surface area contributed by atoms with Crippen molar-refractivity contribution >= 4 is 27.6 Å². The van der Waals surface area contributed by atoms with Crippen molar-refractivity contribution < 1.29 is 23.1 Å². The van der Waals surface area contributed by atoms with Crippen LogP contribution >= 0.6 is 15.9 Å². The predicted octanol–water partition coefficient (Wildman–Crippen LogP) is 2.75. The van der Waals surface area contributed by atoms with Gasteiger partial charge in [0.2, 0.25) is 0 Å². The van der Waals surface area contributed by atoms with Crippen LogP contribution in [0.25, 0.3) is 0 Å². The highest BCUT2D eigenvalue weighted by molar-refractivity contribution is 9.10. The highest BCUT2D eigenvalue weighted by Crippen LogP contribution is 2.40. The number of carbonyl (C=O) groups is 1. The molecule has 1 rings (SSSR count). The Morgan fingerprint density at radius 1 is 1.40 bits per heavy atom. The molecule has 0 bridgehead atoms. The quantitative estimate of drug-likeness (QED) is 0.779. The number of nitrogen functional groups attached to an aromatic ring is 1. The summed E-state index contributed by atoms with van der Waals surface area (Å²) in [4.78, 5) is 10.5. The summed E-state index contributed by atoms with van der Waals surface area (Å²) < 4.78 is 37.1. The zero-order valence-electron chi connectivity index (χ0n) is 7.10. The van der Waals surface area contributed by atoms with E-state index in [9.17, 15) is 18.0 Å². The molecular weight excluding hydrogens is 279 g/mol. The average molecular weight is 284 g/mol. The number of nitrogens with two attached hydrogens (primary N) is 1. The number of anilines is 1. The summed E-state index contributed by atoms with van der Waals surface area (Å²) in [5.41, 5.74) is 2.62. The van der Waals surface area contributed by atoms with Gasteiger partial charge in [-0.25, -0.2) is 4.79 Å². The maximum absolute atomic E-state index is 12.5. The van der Waals surface area contributed by atoms with Crippen LogP contribution in [-0.4, -0.2) is 11.1 Å². The van der Waals surface area contributed by atoms with E-state index in [1.165, 1.54) is 0 Å². The second-order valence-electron chi connectivity index (χ2n) is 2.69. The summed E-state index contributed by atoms with van der Waals surface area (Å²) in [7, 11) is 0. The molecule has 7 heteroatoms. The lowest BCUT2D eigenvalue weighted by atomic mass is 10.1. The monoisotopic (exact) mass is 283 g/mol. The summed E-state index contributed by atoms with van der Waals surface area (Å²) in [5, 5.41) is 8.58. The van der Waals surface area contributed by atoms with Gasteiger partial charge in [-0.1, -0.05) is 15.9 Å². The molecule has 0 saturated carbocycles. The van der Waals surface area contributed by atoms with Gasteiger partial charge in [0.05, 0.1) is 16.8 Å². The van der Waals surface area contributed by atoms with Gasteiger partial charge in [0.15, 0.2) is 0 Å². The van der Waals surface area contributed by atoms with Crippen LogP contribution in [0.3, 0.4) is 0 Å². The second kappa shape index (κ2) is 3.73. The number of aromatic carboxylic acids is 1. The van der Waals surface area contributed by atoms with E-state index in [1.807, 2.05) is 0 Å². The van der Waals surface area contributed by atoms with Crippen molar-refractivity contribution in [2.75, 3.05) is 5.73 Å². The Balaban J connectivity index is 3.51. The molecule has 0 unspecified atom stereocenters. The number of benzene rings is 1. The van der Waals surface area contributed by atoms with Gasteiger partial charge in [-0.2, -0.15) is 13.2 Å². The molecule has 0 heterocycles. The third kappa shape index (κ3) is 2.23. The zero-order valence-corrected chi connectivity index (χ0v) is 8.69. The van der Waals surface area contributed by atoms with Gasteiger partial charge < -0.3 is 10.8 Å². The van der Waals surface area contributed by atoms with E-state index in [4.69, 9.17) is 10.8 Å². The molecule has 0 saturated heterocycles. The normalized spacial score (nSPS) is 11.5. The fourth-order valence-electron chi connectivity index (χ4n) is 1.07. The van der Waals surface area contributed by atoms with Gasteiger partial charge in [0, 0.05) is 4.47 Å². The van der Waals surface area contributed by atoms with E-state index in [-0.39, 0.29) is 4.47 Å². The third-order valence-corrected chi connectivity index (χ3v) is 2.37. The SMILES string of the molecule is Nc1c(C(=O)O)ccc(Br)c1C(F)(F)F. The molecule has 82 valence electrons. The highest BCUT2D eigenvalue weighted by atomic mass is 79.9. The van der Waals surface area contributed by atoms with Crippen molar-refractivity contribution in [3.63, 3.8) is 0 Å². The first-order valence-corrected chi connectivity index (χ1v) is 4.43. The molecule has 0 spiro atoms. The maximum Gasteiger partial charge on any atom is 0.419 e. The van der Waals surface area contributed by atoms with Crippen LogP contribution < -0.4 is 5.73 Å². The van der Waals surface area contributed by atoms with Gasteiger partial charge in [-0.15, -0.1) is 0 Å². The summed E-state index contributed by atoms with van der Waals surface area (Å²) in [5.74, 6) is -1.49. The first kappa shape index (κ1) is 11.8. The molecule has 0 amide bonds. The van der Waals surface area contributed by atoms with Crippen LogP contribution in [0.15, 0.2) is 16.6 Å². The molecule has 0 aliphatic heterocycles. The summed E-state index contributed by atoms with van der Waals surface area (Å²) in [6, 6.07) is 2.01. The topological polar surface area (TPSA) is 63.3 Å². The smallest absolute Gasteiger partial charge is 0.419 e. The maximum atomic E-state index is 12.5. The van der Waals surface area contributed by atoms with Crippen LogP contribution in [-0.2, 0) is 6.18 Å². The molecule has 0 aliphatic rings. The number of rotatable bonds is 1. The Bertz CT molecular complexity index is 417. The van der Waals surface area contributed by atoms with Gasteiger partial charge >= 0.3 is 12.1 Å². The molecule has 0 atom stereocenters. The van der Waals surface area contributed by atoms with E-state index >= 15 is 0 Å². The Hall–Kier alpha value is -1.24. The minimum atomic E-state index is -4.69. The third-order valence-electron chi connectivity index (χ3n) is 1.71. The second-order valence-corrected chi connectivity index (χ2v) is 3.54. The molecule has 3 nitrogen and oxygen atoms in total. The Labute approximate surface area is 90.8 Å². The lowest BCUT2D eigenvalue weighted by Crippen LogP contribution is -2.13. The molecule has 15 heavy (non-hydrogen) atoms. The molecule has 1 aromatic carbocycles.